The number of aromatic nitrogens is 1. The van der Waals surface area contributed by atoms with Gasteiger partial charge >= 0.3 is 6.03 Å². The Morgan fingerprint density at radius 1 is 1.42 bits per heavy atom. The predicted octanol–water partition coefficient (Wildman–Crippen LogP) is 2.15. The van der Waals surface area contributed by atoms with E-state index in [0.717, 1.165) is 22.2 Å². The number of nitrogens with zero attached hydrogens (tertiary/aromatic N) is 2. The molecular weight excluding hydrogens is 332 g/mol. The lowest BCUT2D eigenvalue weighted by molar-refractivity contribution is -0.137. The highest BCUT2D eigenvalue weighted by Crippen LogP contribution is 2.28. The fourth-order valence-electron chi connectivity index (χ4n) is 3.40. The Morgan fingerprint density at radius 2 is 2.19 bits per heavy atom. The molecule has 0 saturated carbocycles. The highest BCUT2D eigenvalue weighted by atomic mass is 16.5. The molecule has 2 heterocycles. The number of methoxy groups -OCH3 is 1. The van der Waals surface area contributed by atoms with Crippen LogP contribution in [-0.4, -0.2) is 66.6 Å². The van der Waals surface area contributed by atoms with E-state index in [9.17, 15) is 9.59 Å². The lowest BCUT2D eigenvalue weighted by Crippen LogP contribution is -2.58. The molecule has 2 N–H and O–H groups in total. The summed E-state index contributed by atoms with van der Waals surface area (Å²) in [7, 11) is 3.41. The van der Waals surface area contributed by atoms with E-state index in [0.29, 0.717) is 19.6 Å². The molecule has 1 aromatic heterocycles. The van der Waals surface area contributed by atoms with Crippen LogP contribution in [0.3, 0.4) is 0 Å². The van der Waals surface area contributed by atoms with Gasteiger partial charge in [-0.15, -0.1) is 0 Å². The van der Waals surface area contributed by atoms with Gasteiger partial charge < -0.3 is 24.8 Å². The van der Waals surface area contributed by atoms with E-state index < -0.39 is 6.04 Å². The van der Waals surface area contributed by atoms with Gasteiger partial charge in [0.05, 0.1) is 7.11 Å². The van der Waals surface area contributed by atoms with Crippen molar-refractivity contribution < 1.29 is 14.3 Å². The van der Waals surface area contributed by atoms with Crippen LogP contribution in [-0.2, 0) is 4.79 Å². The van der Waals surface area contributed by atoms with Gasteiger partial charge in [0.2, 0.25) is 5.91 Å². The number of fused-ring (bicyclic) bond motifs is 1. The van der Waals surface area contributed by atoms with Gasteiger partial charge in [0.1, 0.15) is 11.8 Å². The normalized spacial score (nSPS) is 18.9. The average molecular weight is 358 g/mol. The van der Waals surface area contributed by atoms with Gasteiger partial charge in [0, 0.05) is 49.7 Å². The number of hydrogen-bond donors (Lipinski definition) is 2. The largest absolute Gasteiger partial charge is 0.497 e. The van der Waals surface area contributed by atoms with Crippen molar-refractivity contribution >= 4 is 22.8 Å². The van der Waals surface area contributed by atoms with Gasteiger partial charge in [-0.05, 0) is 30.7 Å². The first kappa shape index (κ1) is 18.1. The minimum absolute atomic E-state index is 0.0248. The molecule has 3 rings (SSSR count). The zero-order valence-electron chi connectivity index (χ0n) is 15.7. The molecule has 2 aromatic rings. The molecule has 1 saturated heterocycles. The summed E-state index contributed by atoms with van der Waals surface area (Å²) in [6, 6.07) is 5.28. The van der Waals surface area contributed by atoms with Crippen LogP contribution in [0.1, 0.15) is 25.3 Å². The Bertz CT molecular complexity index is 816. The zero-order valence-corrected chi connectivity index (χ0v) is 15.7. The fourth-order valence-corrected chi connectivity index (χ4v) is 3.40. The number of amides is 3. The molecule has 1 aliphatic heterocycles. The molecule has 3 amide bonds. The molecule has 2 atom stereocenters. The number of aromatic amines is 1. The molecule has 0 aliphatic carbocycles. The molecule has 1 aliphatic rings. The molecule has 1 fully saturated rings. The smallest absolute Gasteiger partial charge is 0.318 e. The number of nitrogens with one attached hydrogen (secondary N) is 2. The number of H-pyrrole nitrogens is 1. The summed E-state index contributed by atoms with van der Waals surface area (Å²) < 4.78 is 5.31. The summed E-state index contributed by atoms with van der Waals surface area (Å²) in [5.74, 6) is 0.904. The molecule has 140 valence electrons. The Labute approximate surface area is 153 Å². The number of carbonyl (C=O) groups excluding carboxylic acids is 2. The monoisotopic (exact) mass is 358 g/mol. The number of carbonyl (C=O) groups is 2. The number of hydrogen-bond acceptors (Lipinski definition) is 3. The second-order valence-corrected chi connectivity index (χ2v) is 6.87. The number of benzene rings is 1. The maximum Gasteiger partial charge on any atom is 0.318 e. The van der Waals surface area contributed by atoms with Crippen molar-refractivity contribution in [3.05, 3.63) is 30.0 Å². The Morgan fingerprint density at radius 3 is 2.92 bits per heavy atom. The number of likely N-dealkylation sites (N-methyl/N-ethyl adjacent to an activating group) is 1. The summed E-state index contributed by atoms with van der Waals surface area (Å²) >= 11 is 0. The van der Waals surface area contributed by atoms with Crippen molar-refractivity contribution in [1.82, 2.24) is 20.1 Å². The molecule has 0 radical (unpaired) electrons. The predicted molar refractivity (Wildman–Crippen MR) is 100 cm³/mol. The van der Waals surface area contributed by atoms with Crippen molar-refractivity contribution in [2.45, 2.75) is 25.8 Å². The van der Waals surface area contributed by atoms with Crippen LogP contribution >= 0.6 is 0 Å². The topological polar surface area (TPSA) is 77.7 Å². The molecule has 2 unspecified atom stereocenters. The van der Waals surface area contributed by atoms with Crippen LogP contribution in [0.4, 0.5) is 4.79 Å². The van der Waals surface area contributed by atoms with E-state index >= 15 is 0 Å². The lowest BCUT2D eigenvalue weighted by Gasteiger charge is -2.37. The van der Waals surface area contributed by atoms with Crippen molar-refractivity contribution in [3.8, 4) is 5.75 Å². The van der Waals surface area contributed by atoms with Crippen LogP contribution < -0.4 is 10.1 Å². The minimum Gasteiger partial charge on any atom is -0.497 e. The highest BCUT2D eigenvalue weighted by Gasteiger charge is 2.32. The van der Waals surface area contributed by atoms with E-state index in [2.05, 4.69) is 17.2 Å². The van der Waals surface area contributed by atoms with Crippen molar-refractivity contribution in [3.63, 3.8) is 0 Å². The number of urea groups is 1. The first-order chi connectivity index (χ1) is 12.4. The van der Waals surface area contributed by atoms with Crippen LogP contribution in [0.2, 0.25) is 0 Å². The van der Waals surface area contributed by atoms with E-state index in [4.69, 9.17) is 4.74 Å². The van der Waals surface area contributed by atoms with Crippen LogP contribution in [0.5, 0.6) is 5.75 Å². The second kappa shape index (κ2) is 7.27. The number of rotatable bonds is 4. The van der Waals surface area contributed by atoms with Crippen LogP contribution in [0.25, 0.3) is 10.9 Å². The van der Waals surface area contributed by atoms with Gasteiger partial charge in [-0.1, -0.05) is 6.92 Å². The molecular formula is C19H26N4O3. The first-order valence-corrected chi connectivity index (χ1v) is 8.86. The first-order valence-electron chi connectivity index (χ1n) is 8.86. The van der Waals surface area contributed by atoms with E-state index in [1.807, 2.05) is 24.4 Å². The third kappa shape index (κ3) is 3.34. The molecule has 1 aromatic carbocycles. The van der Waals surface area contributed by atoms with Crippen molar-refractivity contribution in [2.75, 3.05) is 33.8 Å². The maximum absolute atomic E-state index is 12.5. The Kier molecular flexibility index (Phi) is 5.06. The van der Waals surface area contributed by atoms with E-state index in [-0.39, 0.29) is 17.9 Å². The number of ether oxygens (including phenoxy) is 1. The molecule has 7 nitrogen and oxygen atoms in total. The van der Waals surface area contributed by atoms with Gasteiger partial charge in [-0.25, -0.2) is 4.79 Å². The minimum atomic E-state index is -0.429. The molecule has 0 bridgehead atoms. The van der Waals surface area contributed by atoms with Gasteiger partial charge in [0.25, 0.3) is 0 Å². The molecule has 7 heteroatoms. The fraction of sp³-hybridized carbons (Fsp3) is 0.474. The Balaban J connectivity index is 1.66. The molecule has 26 heavy (non-hydrogen) atoms. The average Bonchev–Trinajstić information content (AvgIpc) is 3.07. The SMILES string of the molecule is COc1ccc2[nH]cc(C(C)CNC(=O)N3CCN(C)C(=O)C3C)c2c1. The standard InChI is InChI=1S/C19H26N4O3/c1-12(16-11-20-17-6-5-14(26-4)9-15(16)17)10-21-19(25)23-8-7-22(3)18(24)13(23)2/h5-6,9,11-13,20H,7-8,10H2,1-4H3,(H,21,25). The van der Waals surface area contributed by atoms with Gasteiger partial charge in [-0.3, -0.25) is 4.79 Å². The number of piperazine rings is 1. The van der Waals surface area contributed by atoms with E-state index in [1.165, 1.54) is 0 Å². The third-order valence-corrected chi connectivity index (χ3v) is 5.15. The highest BCUT2D eigenvalue weighted by molar-refractivity contribution is 5.88. The van der Waals surface area contributed by atoms with Crippen molar-refractivity contribution in [1.29, 1.82) is 0 Å². The maximum atomic E-state index is 12.5. The quantitative estimate of drug-likeness (QED) is 0.879. The zero-order chi connectivity index (χ0) is 18.8. The lowest BCUT2D eigenvalue weighted by atomic mass is 10.0. The Hall–Kier alpha value is -2.70. The van der Waals surface area contributed by atoms with Crippen LogP contribution in [0.15, 0.2) is 24.4 Å². The summed E-state index contributed by atoms with van der Waals surface area (Å²) in [5, 5.41) is 4.06. The third-order valence-electron chi connectivity index (χ3n) is 5.15. The van der Waals surface area contributed by atoms with Crippen LogP contribution in [0, 0.1) is 0 Å². The van der Waals surface area contributed by atoms with Crippen molar-refractivity contribution in [2.24, 2.45) is 0 Å². The van der Waals surface area contributed by atoms with Gasteiger partial charge in [-0.2, -0.15) is 0 Å². The van der Waals surface area contributed by atoms with Gasteiger partial charge in [0.15, 0.2) is 0 Å². The van der Waals surface area contributed by atoms with E-state index in [1.54, 1.807) is 30.9 Å². The molecule has 0 spiro atoms. The summed E-state index contributed by atoms with van der Waals surface area (Å²) in [6.07, 6.45) is 1.98. The summed E-state index contributed by atoms with van der Waals surface area (Å²) in [4.78, 5) is 31.1. The summed E-state index contributed by atoms with van der Waals surface area (Å²) in [5.41, 5.74) is 2.17. The summed E-state index contributed by atoms with van der Waals surface area (Å²) in [6.45, 7) is 5.45. The second-order valence-electron chi connectivity index (χ2n) is 6.87.